The van der Waals surface area contributed by atoms with Gasteiger partial charge >= 0.3 is 12.1 Å². The number of benzene rings is 1. The maximum absolute atomic E-state index is 13.1. The van der Waals surface area contributed by atoms with Gasteiger partial charge in [-0.25, -0.2) is 4.98 Å². The molecule has 0 atom stereocenters. The third kappa shape index (κ3) is 1.93. The second-order valence-electron chi connectivity index (χ2n) is 3.86. The minimum Gasteiger partial charge on any atom is -0.337 e. The number of nitrogens with zero attached hydrogens (tertiary/aromatic N) is 1. The van der Waals surface area contributed by atoms with E-state index >= 15 is 0 Å². The van der Waals surface area contributed by atoms with E-state index in [-0.39, 0.29) is 11.0 Å². The van der Waals surface area contributed by atoms with E-state index in [9.17, 15) is 22.0 Å². The predicted molar refractivity (Wildman–Crippen MR) is 55.4 cm³/mol. The number of imidazole rings is 1. The number of nitrogens with one attached hydrogen (secondary N) is 1. The standard InChI is InChI=1S/C11H9F5N2/c1-2-6-3-4-7-8(5-6)18-9(17-7)10(12,13)11(14,15)16/h3-5H,2H2,1H3,(H,17,18). The van der Waals surface area contributed by atoms with Crippen LogP contribution in [0.15, 0.2) is 18.2 Å². The molecule has 1 aromatic heterocycles. The Kier molecular flexibility index (Phi) is 2.79. The minimum atomic E-state index is -5.66. The fraction of sp³-hybridized carbons (Fsp3) is 0.364. The van der Waals surface area contributed by atoms with Crippen molar-refractivity contribution < 1.29 is 22.0 Å². The number of rotatable bonds is 2. The summed E-state index contributed by atoms with van der Waals surface area (Å²) in [5.41, 5.74) is 1.09. The number of hydrogen-bond donors (Lipinski definition) is 1. The molecule has 1 aromatic carbocycles. The van der Waals surface area contributed by atoms with Gasteiger partial charge in [0.05, 0.1) is 11.0 Å². The molecular weight excluding hydrogens is 255 g/mol. The molecule has 0 unspecified atom stereocenters. The molecule has 0 saturated carbocycles. The van der Waals surface area contributed by atoms with Crippen molar-refractivity contribution >= 4 is 11.0 Å². The largest absolute Gasteiger partial charge is 0.461 e. The third-order valence-corrected chi connectivity index (χ3v) is 2.61. The number of hydrogen-bond acceptors (Lipinski definition) is 1. The van der Waals surface area contributed by atoms with E-state index in [1.165, 1.54) is 12.1 Å². The highest BCUT2D eigenvalue weighted by Gasteiger charge is 2.61. The Morgan fingerprint density at radius 1 is 1.17 bits per heavy atom. The number of aryl methyl sites for hydroxylation is 1. The van der Waals surface area contributed by atoms with Crippen LogP contribution in [0.2, 0.25) is 0 Å². The second-order valence-corrected chi connectivity index (χ2v) is 3.86. The summed E-state index contributed by atoms with van der Waals surface area (Å²) in [6.07, 6.45) is -5.01. The average molecular weight is 264 g/mol. The number of fused-ring (bicyclic) bond motifs is 1. The molecule has 0 aliphatic heterocycles. The van der Waals surface area contributed by atoms with Crippen LogP contribution in [0.3, 0.4) is 0 Å². The van der Waals surface area contributed by atoms with Crippen molar-refractivity contribution in [3.63, 3.8) is 0 Å². The van der Waals surface area contributed by atoms with E-state index in [1.54, 1.807) is 6.07 Å². The Morgan fingerprint density at radius 3 is 2.39 bits per heavy atom. The maximum Gasteiger partial charge on any atom is 0.461 e. The Bertz CT molecular complexity index is 570. The van der Waals surface area contributed by atoms with Gasteiger partial charge < -0.3 is 4.98 Å². The van der Waals surface area contributed by atoms with Crippen molar-refractivity contribution in [1.82, 2.24) is 9.97 Å². The smallest absolute Gasteiger partial charge is 0.337 e. The molecule has 1 N–H and O–H groups in total. The molecule has 2 nitrogen and oxygen atoms in total. The SMILES string of the molecule is CCc1ccc2nc(C(F)(F)C(F)(F)F)[nH]c2c1. The lowest BCUT2D eigenvalue weighted by Gasteiger charge is -2.16. The van der Waals surface area contributed by atoms with Gasteiger partial charge in [0, 0.05) is 0 Å². The van der Waals surface area contributed by atoms with Crippen LogP contribution in [-0.4, -0.2) is 16.1 Å². The molecule has 98 valence electrons. The van der Waals surface area contributed by atoms with Crippen LogP contribution in [0.1, 0.15) is 18.3 Å². The number of alkyl halides is 5. The van der Waals surface area contributed by atoms with Gasteiger partial charge in [0.2, 0.25) is 0 Å². The Labute approximate surface area is 98.8 Å². The van der Waals surface area contributed by atoms with Gasteiger partial charge in [0.1, 0.15) is 0 Å². The van der Waals surface area contributed by atoms with E-state index in [1.807, 2.05) is 11.9 Å². The molecular formula is C11H9F5N2. The first kappa shape index (κ1) is 12.8. The summed E-state index contributed by atoms with van der Waals surface area (Å²) in [5.74, 6) is -6.35. The van der Waals surface area contributed by atoms with Crippen molar-refractivity contribution in [3.8, 4) is 0 Å². The summed E-state index contributed by atoms with van der Waals surface area (Å²) in [7, 11) is 0. The van der Waals surface area contributed by atoms with Gasteiger partial charge in [-0.3, -0.25) is 0 Å². The van der Waals surface area contributed by atoms with Gasteiger partial charge in [-0.1, -0.05) is 13.0 Å². The fourth-order valence-corrected chi connectivity index (χ4v) is 1.56. The maximum atomic E-state index is 13.1. The summed E-state index contributed by atoms with van der Waals surface area (Å²) >= 11 is 0. The number of aromatic nitrogens is 2. The molecule has 0 spiro atoms. The summed E-state index contributed by atoms with van der Waals surface area (Å²) in [5, 5.41) is 0. The molecule has 0 saturated heterocycles. The van der Waals surface area contributed by atoms with Crippen LogP contribution < -0.4 is 0 Å². The van der Waals surface area contributed by atoms with E-state index in [4.69, 9.17) is 0 Å². The Hall–Kier alpha value is -1.66. The summed E-state index contributed by atoms with van der Waals surface area (Å²) in [4.78, 5) is 5.34. The van der Waals surface area contributed by atoms with Crippen LogP contribution >= 0.6 is 0 Å². The second kappa shape index (κ2) is 3.93. The highest BCUT2D eigenvalue weighted by atomic mass is 19.4. The highest BCUT2D eigenvalue weighted by Crippen LogP contribution is 2.42. The van der Waals surface area contributed by atoms with Gasteiger partial charge in [-0.05, 0) is 24.1 Å². The summed E-state index contributed by atoms with van der Waals surface area (Å²) < 4.78 is 62.7. The van der Waals surface area contributed by atoms with Crippen molar-refractivity contribution in [2.45, 2.75) is 25.4 Å². The molecule has 18 heavy (non-hydrogen) atoms. The Balaban J connectivity index is 2.54. The summed E-state index contributed by atoms with van der Waals surface area (Å²) in [6.45, 7) is 1.85. The van der Waals surface area contributed by atoms with Crippen molar-refractivity contribution in [2.75, 3.05) is 0 Å². The summed E-state index contributed by atoms with van der Waals surface area (Å²) in [6, 6.07) is 4.57. The molecule has 0 amide bonds. The fourth-order valence-electron chi connectivity index (χ4n) is 1.56. The molecule has 0 radical (unpaired) electrons. The van der Waals surface area contributed by atoms with Gasteiger partial charge in [0.15, 0.2) is 5.82 Å². The van der Waals surface area contributed by atoms with Gasteiger partial charge in [-0.15, -0.1) is 0 Å². The zero-order valence-corrected chi connectivity index (χ0v) is 9.28. The van der Waals surface area contributed by atoms with Crippen LogP contribution in [-0.2, 0) is 12.3 Å². The molecule has 0 aliphatic rings. The lowest BCUT2D eigenvalue weighted by atomic mass is 10.1. The van der Waals surface area contributed by atoms with Gasteiger partial charge in [0.25, 0.3) is 0 Å². The quantitative estimate of drug-likeness (QED) is 0.821. The van der Waals surface area contributed by atoms with E-state index in [0.717, 1.165) is 5.56 Å². The lowest BCUT2D eigenvalue weighted by molar-refractivity contribution is -0.292. The van der Waals surface area contributed by atoms with Crippen LogP contribution in [0, 0.1) is 0 Å². The first-order chi connectivity index (χ1) is 8.25. The number of H-pyrrole nitrogens is 1. The van der Waals surface area contributed by atoms with Crippen LogP contribution in [0.25, 0.3) is 11.0 Å². The molecule has 1 heterocycles. The average Bonchev–Trinajstić information content (AvgIpc) is 2.70. The first-order valence-corrected chi connectivity index (χ1v) is 5.19. The van der Waals surface area contributed by atoms with Crippen LogP contribution in [0.4, 0.5) is 22.0 Å². The van der Waals surface area contributed by atoms with E-state index in [2.05, 4.69) is 4.98 Å². The molecule has 2 aromatic rings. The number of halogens is 5. The van der Waals surface area contributed by atoms with Gasteiger partial charge in [-0.2, -0.15) is 22.0 Å². The molecule has 0 bridgehead atoms. The van der Waals surface area contributed by atoms with E-state index < -0.39 is 17.9 Å². The zero-order chi connectivity index (χ0) is 13.6. The van der Waals surface area contributed by atoms with Crippen molar-refractivity contribution in [1.29, 1.82) is 0 Å². The third-order valence-electron chi connectivity index (χ3n) is 2.61. The minimum absolute atomic E-state index is 0.0890. The molecule has 7 heteroatoms. The highest BCUT2D eigenvalue weighted by molar-refractivity contribution is 5.76. The van der Waals surface area contributed by atoms with Crippen molar-refractivity contribution in [3.05, 3.63) is 29.6 Å². The molecule has 0 fully saturated rings. The lowest BCUT2D eigenvalue weighted by Crippen LogP contribution is -2.34. The normalized spacial score (nSPS) is 13.2. The zero-order valence-electron chi connectivity index (χ0n) is 9.28. The van der Waals surface area contributed by atoms with Crippen molar-refractivity contribution in [2.24, 2.45) is 0 Å². The topological polar surface area (TPSA) is 28.7 Å². The number of aromatic amines is 1. The molecule has 2 rings (SSSR count). The first-order valence-electron chi connectivity index (χ1n) is 5.19. The van der Waals surface area contributed by atoms with Crippen LogP contribution in [0.5, 0.6) is 0 Å². The Morgan fingerprint density at radius 2 is 1.83 bits per heavy atom. The molecule has 0 aliphatic carbocycles. The predicted octanol–water partition coefficient (Wildman–Crippen LogP) is 3.78. The van der Waals surface area contributed by atoms with E-state index in [0.29, 0.717) is 6.42 Å². The monoisotopic (exact) mass is 264 g/mol.